The van der Waals surface area contributed by atoms with Crippen LogP contribution in [0.2, 0.25) is 0 Å². The van der Waals surface area contributed by atoms with Crippen LogP contribution in [0, 0.1) is 0 Å². The maximum Gasteiger partial charge on any atom is 0.338 e. The van der Waals surface area contributed by atoms with Crippen molar-refractivity contribution in [2.45, 2.75) is 26.3 Å². The summed E-state index contributed by atoms with van der Waals surface area (Å²) in [5.41, 5.74) is 1.70. The molecule has 0 aromatic heterocycles. The Morgan fingerprint density at radius 3 is 2.13 bits per heavy atom. The van der Waals surface area contributed by atoms with Crippen LogP contribution in [0.25, 0.3) is 0 Å². The molecule has 0 aliphatic heterocycles. The average Bonchev–Trinajstić information content (AvgIpc) is 2.91. The van der Waals surface area contributed by atoms with Gasteiger partial charge in [0.05, 0.1) is 50.4 Å². The SMILES string of the molecule is CCCCOC(=O)c1ccc(NC(=O)c2cc(OC)c(OC)cc2N(Cc2ccccc2)S(C)(=O)=O)cc1. The summed E-state index contributed by atoms with van der Waals surface area (Å²) in [6.45, 7) is 2.35. The van der Waals surface area contributed by atoms with Gasteiger partial charge in [-0.25, -0.2) is 13.2 Å². The highest BCUT2D eigenvalue weighted by Crippen LogP contribution is 2.37. The molecule has 3 aromatic carbocycles. The van der Waals surface area contributed by atoms with E-state index in [9.17, 15) is 18.0 Å². The Labute approximate surface area is 223 Å². The van der Waals surface area contributed by atoms with E-state index >= 15 is 0 Å². The zero-order chi connectivity index (χ0) is 27.7. The molecule has 0 saturated carbocycles. The number of unbranched alkanes of at least 4 members (excludes halogenated alkanes) is 1. The molecule has 0 radical (unpaired) electrons. The van der Waals surface area contributed by atoms with E-state index in [1.54, 1.807) is 48.5 Å². The van der Waals surface area contributed by atoms with Crippen LogP contribution in [0.4, 0.5) is 11.4 Å². The lowest BCUT2D eigenvalue weighted by molar-refractivity contribution is 0.0499. The summed E-state index contributed by atoms with van der Waals surface area (Å²) < 4.78 is 42.9. The van der Waals surface area contributed by atoms with E-state index in [1.807, 2.05) is 13.0 Å². The van der Waals surface area contributed by atoms with E-state index in [1.165, 1.54) is 26.4 Å². The molecule has 10 heteroatoms. The molecule has 1 N–H and O–H groups in total. The lowest BCUT2D eigenvalue weighted by Gasteiger charge is -2.26. The van der Waals surface area contributed by atoms with Crippen LogP contribution >= 0.6 is 0 Å². The van der Waals surface area contributed by atoms with Crippen molar-refractivity contribution in [2.24, 2.45) is 0 Å². The number of nitrogens with one attached hydrogen (secondary N) is 1. The third-order valence-corrected chi connectivity index (χ3v) is 6.82. The summed E-state index contributed by atoms with van der Waals surface area (Å²) in [6.07, 6.45) is 2.77. The van der Waals surface area contributed by atoms with E-state index < -0.39 is 21.9 Å². The molecule has 0 bridgehead atoms. The fourth-order valence-electron chi connectivity index (χ4n) is 3.67. The van der Waals surface area contributed by atoms with Crippen LogP contribution in [-0.2, 0) is 21.3 Å². The molecular weight excluding hydrogens is 508 g/mol. The largest absolute Gasteiger partial charge is 0.493 e. The fourth-order valence-corrected chi connectivity index (χ4v) is 4.56. The smallest absolute Gasteiger partial charge is 0.338 e. The molecule has 3 aromatic rings. The van der Waals surface area contributed by atoms with Crippen molar-refractivity contribution in [3.05, 3.63) is 83.4 Å². The Hall–Kier alpha value is -4.05. The highest BCUT2D eigenvalue weighted by atomic mass is 32.2. The first kappa shape index (κ1) is 28.5. The first-order valence-electron chi connectivity index (χ1n) is 12.0. The number of amides is 1. The summed E-state index contributed by atoms with van der Waals surface area (Å²) in [7, 11) is -0.954. The van der Waals surface area contributed by atoms with Crippen LogP contribution in [0.1, 0.15) is 46.0 Å². The second-order valence-electron chi connectivity index (χ2n) is 8.50. The first-order chi connectivity index (χ1) is 18.2. The van der Waals surface area contributed by atoms with E-state index in [4.69, 9.17) is 14.2 Å². The van der Waals surface area contributed by atoms with Crippen molar-refractivity contribution in [1.82, 2.24) is 0 Å². The molecule has 38 heavy (non-hydrogen) atoms. The molecule has 1 amide bonds. The van der Waals surface area contributed by atoms with Gasteiger partial charge in [0.2, 0.25) is 10.0 Å². The van der Waals surface area contributed by atoms with Crippen LogP contribution in [0.3, 0.4) is 0 Å². The Kier molecular flexibility index (Phi) is 9.72. The number of nitrogens with zero attached hydrogens (tertiary/aromatic N) is 1. The number of hydrogen-bond acceptors (Lipinski definition) is 7. The van der Waals surface area contributed by atoms with Crippen molar-refractivity contribution >= 4 is 33.3 Å². The number of methoxy groups -OCH3 is 2. The van der Waals surface area contributed by atoms with E-state index in [-0.39, 0.29) is 29.3 Å². The van der Waals surface area contributed by atoms with Crippen molar-refractivity contribution in [3.63, 3.8) is 0 Å². The zero-order valence-electron chi connectivity index (χ0n) is 21.9. The summed E-state index contributed by atoms with van der Waals surface area (Å²) in [6, 6.07) is 18.2. The number of benzene rings is 3. The molecule has 3 rings (SSSR count). The minimum Gasteiger partial charge on any atom is -0.493 e. The van der Waals surface area contributed by atoms with Gasteiger partial charge in [0.15, 0.2) is 11.5 Å². The van der Waals surface area contributed by atoms with Gasteiger partial charge in [-0.15, -0.1) is 0 Å². The highest BCUT2D eigenvalue weighted by molar-refractivity contribution is 7.92. The van der Waals surface area contributed by atoms with Gasteiger partial charge in [-0.2, -0.15) is 0 Å². The number of rotatable bonds is 12. The minimum absolute atomic E-state index is 0.00424. The van der Waals surface area contributed by atoms with Crippen molar-refractivity contribution < 1.29 is 32.2 Å². The standard InChI is InChI=1S/C28H32N2O7S/c1-5-6-16-37-28(32)21-12-14-22(15-13-21)29-27(31)23-17-25(35-2)26(36-3)18-24(23)30(38(4,33)34)19-20-10-8-7-9-11-20/h7-15,17-18H,5-6,16,19H2,1-4H3,(H,29,31). The Morgan fingerprint density at radius 2 is 1.55 bits per heavy atom. The molecule has 202 valence electrons. The lowest BCUT2D eigenvalue weighted by atomic mass is 10.1. The number of esters is 1. The third-order valence-electron chi connectivity index (χ3n) is 5.69. The second-order valence-corrected chi connectivity index (χ2v) is 10.4. The van der Waals surface area contributed by atoms with Gasteiger partial charge in [-0.3, -0.25) is 9.10 Å². The Bertz CT molecular complexity index is 1360. The quantitative estimate of drug-likeness (QED) is 0.257. The molecule has 0 aliphatic rings. The predicted octanol–water partition coefficient (Wildman–Crippen LogP) is 4.88. The maximum atomic E-state index is 13.5. The molecular formula is C28H32N2O7S. The highest BCUT2D eigenvalue weighted by Gasteiger charge is 2.26. The molecule has 0 heterocycles. The number of sulfonamides is 1. The summed E-state index contributed by atoms with van der Waals surface area (Å²) >= 11 is 0. The van der Waals surface area contributed by atoms with Gasteiger partial charge >= 0.3 is 5.97 Å². The number of hydrogen-bond donors (Lipinski definition) is 1. The van der Waals surface area contributed by atoms with Crippen LogP contribution < -0.4 is 19.1 Å². The van der Waals surface area contributed by atoms with Crippen molar-refractivity contribution in [3.8, 4) is 11.5 Å². The maximum absolute atomic E-state index is 13.5. The average molecular weight is 541 g/mol. The summed E-state index contributed by atoms with van der Waals surface area (Å²) in [5.74, 6) is -0.476. The molecule has 0 atom stereocenters. The third kappa shape index (κ3) is 7.25. The Morgan fingerprint density at radius 1 is 0.921 bits per heavy atom. The zero-order valence-corrected chi connectivity index (χ0v) is 22.7. The van der Waals surface area contributed by atoms with E-state index in [2.05, 4.69) is 5.32 Å². The number of anilines is 2. The van der Waals surface area contributed by atoms with Crippen LogP contribution in [0.15, 0.2) is 66.7 Å². The van der Waals surface area contributed by atoms with Gasteiger partial charge in [0.1, 0.15) is 0 Å². The number of ether oxygens (including phenoxy) is 3. The lowest BCUT2D eigenvalue weighted by Crippen LogP contribution is -2.31. The topological polar surface area (TPSA) is 111 Å². The summed E-state index contributed by atoms with van der Waals surface area (Å²) in [5, 5.41) is 2.77. The molecule has 0 unspecified atom stereocenters. The van der Waals surface area contributed by atoms with E-state index in [0.29, 0.717) is 17.9 Å². The monoisotopic (exact) mass is 540 g/mol. The van der Waals surface area contributed by atoms with Crippen LogP contribution in [0.5, 0.6) is 11.5 Å². The normalized spacial score (nSPS) is 10.9. The van der Waals surface area contributed by atoms with Crippen molar-refractivity contribution in [1.29, 1.82) is 0 Å². The van der Waals surface area contributed by atoms with Gasteiger partial charge in [0, 0.05) is 11.8 Å². The van der Waals surface area contributed by atoms with Gasteiger partial charge in [-0.05, 0) is 42.3 Å². The predicted molar refractivity (Wildman–Crippen MR) is 147 cm³/mol. The summed E-state index contributed by atoms with van der Waals surface area (Å²) in [4.78, 5) is 25.6. The molecule has 0 aliphatic carbocycles. The number of carbonyl (C=O) groups excluding carboxylic acids is 2. The van der Waals surface area contributed by atoms with Crippen LogP contribution in [-0.4, -0.2) is 47.4 Å². The van der Waals surface area contributed by atoms with Gasteiger partial charge in [0.25, 0.3) is 5.91 Å². The molecule has 0 spiro atoms. The second kappa shape index (κ2) is 13.0. The first-order valence-corrected chi connectivity index (χ1v) is 13.9. The molecule has 0 fully saturated rings. The van der Waals surface area contributed by atoms with Gasteiger partial charge < -0.3 is 19.5 Å². The number of carbonyl (C=O) groups is 2. The molecule has 0 saturated heterocycles. The van der Waals surface area contributed by atoms with Crippen molar-refractivity contribution in [2.75, 3.05) is 36.7 Å². The van der Waals surface area contributed by atoms with Gasteiger partial charge in [-0.1, -0.05) is 43.7 Å². The minimum atomic E-state index is -3.81. The fraction of sp³-hybridized carbons (Fsp3) is 0.286. The van der Waals surface area contributed by atoms with E-state index in [0.717, 1.165) is 29.0 Å². The molecule has 9 nitrogen and oxygen atoms in total. The Balaban J connectivity index is 1.96.